The third kappa shape index (κ3) is 2.32. The summed E-state index contributed by atoms with van der Waals surface area (Å²) in [7, 11) is 0. The Morgan fingerprint density at radius 2 is 2.05 bits per heavy atom. The summed E-state index contributed by atoms with van der Waals surface area (Å²) in [6.45, 7) is 0. The monoisotopic (exact) mass is 291 g/mol. The molecule has 3 heterocycles. The van der Waals surface area contributed by atoms with Gasteiger partial charge in [-0.2, -0.15) is 11.8 Å². The summed E-state index contributed by atoms with van der Waals surface area (Å²) >= 11 is 1.90. The van der Waals surface area contributed by atoms with Crippen LogP contribution in [0.2, 0.25) is 0 Å². The molecule has 0 aliphatic carbocycles. The molecule has 0 saturated heterocycles. The Morgan fingerprint density at radius 1 is 1.10 bits per heavy atom. The van der Waals surface area contributed by atoms with Crippen LogP contribution in [0.25, 0.3) is 10.9 Å². The maximum Gasteiger partial charge on any atom is 0.0782 e. The molecule has 4 heteroatoms. The third-order valence-electron chi connectivity index (χ3n) is 3.56. The van der Waals surface area contributed by atoms with Crippen molar-refractivity contribution >= 4 is 34.6 Å². The molecule has 0 unspecified atom stereocenters. The Hall–Kier alpha value is -2.20. The topological polar surface area (TPSA) is 38.1 Å². The number of rotatable bonds is 2. The molecule has 21 heavy (non-hydrogen) atoms. The van der Waals surface area contributed by atoms with Crippen LogP contribution in [0.4, 0.5) is 5.69 Å². The van der Waals surface area contributed by atoms with E-state index in [0.717, 1.165) is 33.7 Å². The van der Waals surface area contributed by atoms with E-state index in [9.17, 15) is 0 Å². The molecular weight excluding hydrogens is 278 g/mol. The second kappa shape index (κ2) is 5.30. The first-order valence-corrected chi connectivity index (χ1v) is 7.99. The normalized spacial score (nSPS) is 13.9. The molecule has 0 fully saturated rings. The minimum absolute atomic E-state index is 0.982. The Kier molecular flexibility index (Phi) is 3.16. The number of aromatic nitrogens is 2. The van der Waals surface area contributed by atoms with Crippen LogP contribution in [0.5, 0.6) is 0 Å². The average Bonchev–Trinajstić information content (AvgIpc) is 3.00. The number of thioether (sulfide) groups is 1. The fourth-order valence-corrected chi connectivity index (χ4v) is 3.58. The molecule has 1 aromatic carbocycles. The third-order valence-corrected chi connectivity index (χ3v) is 4.53. The molecule has 102 valence electrons. The molecule has 0 spiro atoms. The van der Waals surface area contributed by atoms with E-state index in [2.05, 4.69) is 17.1 Å². The molecule has 3 nitrogen and oxygen atoms in total. The number of hydrogen-bond donors (Lipinski definition) is 0. The lowest BCUT2D eigenvalue weighted by Crippen LogP contribution is -1.92. The molecule has 1 aliphatic rings. The lowest BCUT2D eigenvalue weighted by atomic mass is 10.1. The lowest BCUT2D eigenvalue weighted by molar-refractivity contribution is 1.19. The average molecular weight is 291 g/mol. The zero-order chi connectivity index (χ0) is 14.1. The number of hydrogen-bond acceptors (Lipinski definition) is 4. The fraction of sp³-hybridized carbons (Fsp3) is 0.118. The van der Waals surface area contributed by atoms with Gasteiger partial charge in [0.2, 0.25) is 0 Å². The van der Waals surface area contributed by atoms with E-state index in [1.54, 1.807) is 6.20 Å². The van der Waals surface area contributed by atoms with Gasteiger partial charge >= 0.3 is 0 Å². The van der Waals surface area contributed by atoms with Gasteiger partial charge in [0.15, 0.2) is 0 Å². The van der Waals surface area contributed by atoms with Gasteiger partial charge in [0.25, 0.3) is 0 Å². The molecule has 2 aromatic heterocycles. The Morgan fingerprint density at radius 3 is 2.95 bits per heavy atom. The largest absolute Gasteiger partial charge is 0.264 e. The Labute approximate surface area is 127 Å². The van der Waals surface area contributed by atoms with Crippen LogP contribution < -0.4 is 0 Å². The molecular formula is C17H13N3S. The molecule has 0 atom stereocenters. The van der Waals surface area contributed by atoms with Gasteiger partial charge in [0.1, 0.15) is 0 Å². The van der Waals surface area contributed by atoms with E-state index >= 15 is 0 Å². The molecule has 0 radical (unpaired) electrons. The van der Waals surface area contributed by atoms with Crippen molar-refractivity contribution in [3.05, 3.63) is 65.6 Å². The minimum Gasteiger partial charge on any atom is -0.264 e. The van der Waals surface area contributed by atoms with Crippen molar-refractivity contribution in [1.82, 2.24) is 9.97 Å². The van der Waals surface area contributed by atoms with Gasteiger partial charge in [-0.15, -0.1) is 0 Å². The van der Waals surface area contributed by atoms with E-state index in [-0.39, 0.29) is 0 Å². The highest BCUT2D eigenvalue weighted by Crippen LogP contribution is 2.39. The highest BCUT2D eigenvalue weighted by Gasteiger charge is 2.19. The zero-order valence-corrected chi connectivity index (χ0v) is 12.2. The van der Waals surface area contributed by atoms with Crippen LogP contribution in [-0.4, -0.2) is 16.2 Å². The van der Waals surface area contributed by atoms with E-state index < -0.39 is 0 Å². The minimum atomic E-state index is 0.982. The highest BCUT2D eigenvalue weighted by atomic mass is 32.2. The molecule has 1 aliphatic heterocycles. The van der Waals surface area contributed by atoms with E-state index in [0.29, 0.717) is 0 Å². The predicted octanol–water partition coefficient (Wildman–Crippen LogP) is 4.13. The second-order valence-electron chi connectivity index (χ2n) is 4.94. The van der Waals surface area contributed by atoms with Crippen LogP contribution in [0, 0.1) is 0 Å². The van der Waals surface area contributed by atoms with E-state index in [4.69, 9.17) is 9.98 Å². The van der Waals surface area contributed by atoms with Gasteiger partial charge in [-0.1, -0.05) is 24.3 Å². The molecule has 0 amide bonds. The highest BCUT2D eigenvalue weighted by molar-refractivity contribution is 7.98. The fourth-order valence-electron chi connectivity index (χ4n) is 2.54. The van der Waals surface area contributed by atoms with Crippen molar-refractivity contribution in [2.75, 3.05) is 0 Å². The standard InChI is InChI=1S/C17H13N3S/c1-2-6-15-13(5-1)17(14-10-21-11-16(14)20-15)19-9-12-4-3-7-18-8-12/h1-9H,10-11H2/b19-9+. The summed E-state index contributed by atoms with van der Waals surface area (Å²) in [6.07, 6.45) is 5.48. The second-order valence-corrected chi connectivity index (χ2v) is 5.93. The van der Waals surface area contributed by atoms with Crippen LogP contribution in [0.15, 0.2) is 53.8 Å². The Bertz CT molecular complexity index is 828. The summed E-state index contributed by atoms with van der Waals surface area (Å²) in [5.74, 6) is 1.97. The summed E-state index contributed by atoms with van der Waals surface area (Å²) in [6, 6.07) is 12.2. The quantitative estimate of drug-likeness (QED) is 0.666. The predicted molar refractivity (Wildman–Crippen MR) is 88.2 cm³/mol. The summed E-state index contributed by atoms with van der Waals surface area (Å²) < 4.78 is 0. The van der Waals surface area contributed by atoms with E-state index in [1.165, 1.54) is 11.3 Å². The summed E-state index contributed by atoms with van der Waals surface area (Å²) in [4.78, 5) is 13.6. The van der Waals surface area contributed by atoms with Crippen LogP contribution in [-0.2, 0) is 11.5 Å². The van der Waals surface area contributed by atoms with Gasteiger partial charge in [0, 0.05) is 46.6 Å². The van der Waals surface area contributed by atoms with Gasteiger partial charge in [-0.25, -0.2) is 0 Å². The number of benzene rings is 1. The van der Waals surface area contributed by atoms with Crippen LogP contribution in [0.1, 0.15) is 16.8 Å². The summed E-state index contributed by atoms with van der Waals surface area (Å²) in [5.41, 5.74) is 5.55. The van der Waals surface area contributed by atoms with Gasteiger partial charge in [0.05, 0.1) is 16.9 Å². The first kappa shape index (κ1) is 12.5. The SMILES string of the molecule is C(=N\c1c2c(nc3ccccc13)CSC2)/c1cccnc1. The molecule has 4 rings (SSSR count). The van der Waals surface area contributed by atoms with Crippen LogP contribution in [0.3, 0.4) is 0 Å². The number of pyridine rings is 2. The molecule has 0 N–H and O–H groups in total. The smallest absolute Gasteiger partial charge is 0.0782 e. The first-order chi connectivity index (χ1) is 10.4. The molecule has 0 bridgehead atoms. The number of nitrogens with zero attached hydrogens (tertiary/aromatic N) is 3. The van der Waals surface area contributed by atoms with Gasteiger partial charge in [-0.05, 0) is 12.1 Å². The maximum atomic E-state index is 4.76. The number of fused-ring (bicyclic) bond motifs is 2. The summed E-state index contributed by atoms with van der Waals surface area (Å²) in [5, 5.41) is 1.12. The van der Waals surface area contributed by atoms with Crippen molar-refractivity contribution in [2.45, 2.75) is 11.5 Å². The maximum absolute atomic E-state index is 4.76. The number of para-hydroxylation sites is 1. The van der Waals surface area contributed by atoms with Crippen molar-refractivity contribution in [3.8, 4) is 0 Å². The lowest BCUT2D eigenvalue weighted by Gasteiger charge is -2.07. The van der Waals surface area contributed by atoms with Crippen molar-refractivity contribution in [2.24, 2.45) is 4.99 Å². The van der Waals surface area contributed by atoms with Gasteiger partial charge in [-0.3, -0.25) is 15.0 Å². The Balaban J connectivity index is 1.89. The van der Waals surface area contributed by atoms with Crippen molar-refractivity contribution in [1.29, 1.82) is 0 Å². The van der Waals surface area contributed by atoms with Gasteiger partial charge < -0.3 is 0 Å². The van der Waals surface area contributed by atoms with Crippen molar-refractivity contribution < 1.29 is 0 Å². The molecule has 3 aromatic rings. The zero-order valence-electron chi connectivity index (χ0n) is 11.4. The first-order valence-electron chi connectivity index (χ1n) is 6.84. The number of aliphatic imine (C=N–C) groups is 1. The van der Waals surface area contributed by atoms with Crippen molar-refractivity contribution in [3.63, 3.8) is 0 Å². The van der Waals surface area contributed by atoms with E-state index in [1.807, 2.05) is 48.4 Å². The molecule has 0 saturated carbocycles. The van der Waals surface area contributed by atoms with Crippen LogP contribution >= 0.6 is 11.8 Å².